The minimum absolute atomic E-state index is 0. The summed E-state index contributed by atoms with van der Waals surface area (Å²) < 4.78 is 14.5. The van der Waals surface area contributed by atoms with Gasteiger partial charge in [-0.05, 0) is 0 Å². The van der Waals surface area contributed by atoms with Crippen molar-refractivity contribution in [3.05, 3.63) is 13.9 Å². The van der Waals surface area contributed by atoms with Crippen LogP contribution in [0.4, 0.5) is 0 Å². The molecule has 0 saturated heterocycles. The van der Waals surface area contributed by atoms with Crippen molar-refractivity contribution in [1.82, 2.24) is 0 Å². The number of rotatable bonds is 6. The molecule has 0 radical (unpaired) electrons. The molecule has 0 aromatic carbocycles. The van der Waals surface area contributed by atoms with Crippen molar-refractivity contribution in [2.24, 2.45) is 0 Å². The monoisotopic (exact) mass is 549 g/mol. The average Bonchev–Trinajstić information content (AvgIpc) is 1.96. The molecule has 0 rings (SSSR count). The van der Waals surface area contributed by atoms with Crippen LogP contribution >= 0.6 is 0 Å². The molecule has 0 saturated carbocycles. The molecule has 0 amide bonds. The van der Waals surface area contributed by atoms with Crippen molar-refractivity contribution in [3.8, 4) is 0 Å². The summed E-state index contributed by atoms with van der Waals surface area (Å²) in [6.07, 6.45) is 0. The number of nitrogens with zero attached hydrogens (tertiary/aromatic N) is 3. The van der Waals surface area contributed by atoms with E-state index >= 15 is 0 Å². The van der Waals surface area contributed by atoms with Crippen molar-refractivity contribution in [1.29, 1.82) is 0 Å². The number of hydrogen-bond donors (Lipinski definition) is 0. The Labute approximate surface area is 200 Å². The summed E-state index contributed by atoms with van der Waals surface area (Å²) in [5.74, 6) is 0. The van der Waals surface area contributed by atoms with Gasteiger partial charge >= 0.3 is 19.8 Å². The summed E-state index contributed by atoms with van der Waals surface area (Å²) in [5, 5.41) is 0. The van der Waals surface area contributed by atoms with Gasteiger partial charge in [-0.3, -0.25) is 0 Å². The van der Waals surface area contributed by atoms with Gasteiger partial charge in [0.1, 0.15) is 0 Å². The molecule has 0 unspecified atom stereocenters. The Bertz CT molecular complexity index is 297. The second-order valence-corrected chi connectivity index (χ2v) is 42.1. The fraction of sp³-hybridized carbons (Fsp3) is 1.00. The van der Waals surface area contributed by atoms with Crippen molar-refractivity contribution in [2.75, 3.05) is 0 Å². The van der Waals surface area contributed by atoms with Gasteiger partial charge < -0.3 is 13.9 Å². The second kappa shape index (κ2) is 13.4. The van der Waals surface area contributed by atoms with Gasteiger partial charge in [-0.1, -0.05) is 167 Å². The van der Waals surface area contributed by atoms with Crippen LogP contribution in [0.25, 0.3) is 13.9 Å². The van der Waals surface area contributed by atoms with E-state index in [9.17, 15) is 0 Å². The topological polar surface area (TPSA) is 42.3 Å². The van der Waals surface area contributed by atoms with E-state index in [2.05, 4.69) is 118 Å². The fourth-order valence-electron chi connectivity index (χ4n) is 3.02. The van der Waals surface area contributed by atoms with Gasteiger partial charge in [0.2, 0.25) is 0 Å². The minimum Gasteiger partial charge on any atom is -0.668 e. The Morgan fingerprint density at radius 2 is 0.321 bits per heavy atom. The molecule has 0 aliphatic heterocycles. The first-order valence-corrected chi connectivity index (χ1v) is 31.0. The third kappa shape index (κ3) is 50.9. The Hall–Kier alpha value is 1.82. The molecular weight excluding hydrogens is 496 g/mol. The molecule has 10 heteroatoms. The van der Waals surface area contributed by atoms with Crippen LogP contribution in [0, 0.1) is 0 Å². The van der Waals surface area contributed by atoms with Gasteiger partial charge in [0.05, 0.1) is 0 Å². The summed E-state index contributed by atoms with van der Waals surface area (Å²) in [7, 11) is -6.64. The molecule has 0 heterocycles. The summed E-state index contributed by atoms with van der Waals surface area (Å²) in [4.78, 5) is 0. The van der Waals surface area contributed by atoms with Crippen LogP contribution < -0.4 is 0 Å². The van der Waals surface area contributed by atoms with Gasteiger partial charge in [0.15, 0.2) is 0 Å². The molecule has 3 nitrogen and oxygen atoms in total. The van der Waals surface area contributed by atoms with E-state index in [4.69, 9.17) is 13.9 Å². The molecule has 168 valence electrons. The van der Waals surface area contributed by atoms with Gasteiger partial charge in [-0.2, -0.15) is 0 Å². The van der Waals surface area contributed by atoms with Crippen molar-refractivity contribution >= 4 is 69.2 Å². The summed E-state index contributed by atoms with van der Waals surface area (Å²) in [6.45, 7) is 41.3. The maximum atomic E-state index is 4.82. The molecule has 28 heavy (non-hydrogen) atoms. The molecule has 0 aromatic heterocycles. The second-order valence-electron chi connectivity index (χ2n) is 13.4. The normalized spacial score (nSPS) is 13.5. The van der Waals surface area contributed by atoms with Gasteiger partial charge in [0.25, 0.3) is 0 Å². The Kier molecular flexibility index (Phi) is 17.8. The largest absolute Gasteiger partial charge is 3.00 e. The van der Waals surface area contributed by atoms with Crippen molar-refractivity contribution in [2.45, 2.75) is 118 Å². The molecule has 0 aromatic rings. The van der Waals surface area contributed by atoms with Crippen LogP contribution in [0.2, 0.25) is 118 Å². The van der Waals surface area contributed by atoms with E-state index in [-0.39, 0.29) is 19.8 Å². The summed E-state index contributed by atoms with van der Waals surface area (Å²) in [6, 6.07) is 0. The van der Waals surface area contributed by atoms with E-state index in [1.165, 1.54) is 0 Å². The molecule has 0 atom stereocenters. The number of hydrogen-bond acceptors (Lipinski definition) is 0. The smallest absolute Gasteiger partial charge is 0.668 e. The first-order chi connectivity index (χ1) is 11.1. The van der Waals surface area contributed by atoms with Crippen LogP contribution in [0.1, 0.15) is 0 Å². The average molecular weight is 551 g/mol. The zero-order chi connectivity index (χ0) is 23.1. The van der Waals surface area contributed by atoms with Crippen LogP contribution in [0.3, 0.4) is 0 Å². The first kappa shape index (κ1) is 37.1. The quantitative estimate of drug-likeness (QED) is 0.297. The van der Waals surface area contributed by atoms with Crippen LogP contribution in [0.15, 0.2) is 0 Å². The van der Waals surface area contributed by atoms with E-state index in [0.29, 0.717) is 0 Å². The van der Waals surface area contributed by atoms with E-state index in [1.807, 2.05) is 0 Å². The molecule has 0 fully saturated rings. The van der Waals surface area contributed by atoms with E-state index < -0.39 is 49.4 Å². The standard InChI is InChI=1S/3C6H18NSi2.Ga/c3*1-8(2,3)7-9(4,5)6;/h3*1-6H3;/q3*-1;+3. The van der Waals surface area contributed by atoms with Gasteiger partial charge in [-0.15, -0.1) is 0 Å². The maximum Gasteiger partial charge on any atom is 3.00 e. The van der Waals surface area contributed by atoms with Crippen molar-refractivity contribution in [3.63, 3.8) is 0 Å². The zero-order valence-electron chi connectivity index (χ0n) is 22.9. The minimum atomic E-state index is -1.11. The molecule has 0 aliphatic rings. The predicted octanol–water partition coefficient (Wildman–Crippen LogP) is 8.71. The zero-order valence-corrected chi connectivity index (χ0v) is 31.3. The predicted molar refractivity (Wildman–Crippen MR) is 156 cm³/mol. The Balaban J connectivity index is -0.000000152. The van der Waals surface area contributed by atoms with Crippen LogP contribution in [-0.2, 0) is 0 Å². The SMILES string of the molecule is C[Si](C)(C)[N-][Si](C)(C)C.C[Si](C)(C)[N-][Si](C)(C)C.C[Si](C)(C)[N-][Si](C)(C)C.[Ga+3]. The molecule has 0 N–H and O–H groups in total. The van der Waals surface area contributed by atoms with Gasteiger partial charge in [-0.25, -0.2) is 0 Å². The first-order valence-electron chi connectivity index (χ1n) is 10.3. The Morgan fingerprint density at radius 1 is 0.250 bits per heavy atom. The van der Waals surface area contributed by atoms with Crippen LogP contribution in [0.5, 0.6) is 0 Å². The maximum absolute atomic E-state index is 4.82. The van der Waals surface area contributed by atoms with Crippen molar-refractivity contribution < 1.29 is 0 Å². The third-order valence-electron chi connectivity index (χ3n) is 2.01. The third-order valence-corrected chi connectivity index (χ3v) is 18.1. The Morgan fingerprint density at radius 3 is 0.321 bits per heavy atom. The molecule has 0 spiro atoms. The molecule has 0 aliphatic carbocycles. The molecule has 0 bridgehead atoms. The van der Waals surface area contributed by atoms with Crippen LogP contribution in [-0.4, -0.2) is 69.2 Å². The van der Waals surface area contributed by atoms with E-state index in [0.717, 1.165) is 0 Å². The summed E-state index contributed by atoms with van der Waals surface area (Å²) in [5.41, 5.74) is 0. The fourth-order valence-corrected chi connectivity index (χ4v) is 27.2. The van der Waals surface area contributed by atoms with Gasteiger partial charge in [0, 0.05) is 0 Å². The molecular formula is C18H54GaN3Si6. The summed E-state index contributed by atoms with van der Waals surface area (Å²) >= 11 is 0. The van der Waals surface area contributed by atoms with E-state index in [1.54, 1.807) is 0 Å².